The van der Waals surface area contributed by atoms with Crippen LogP contribution in [-0.2, 0) is 41.7 Å². The summed E-state index contributed by atoms with van der Waals surface area (Å²) < 4.78 is 11.1. The molecule has 3 N–H and O–H groups in total. The van der Waals surface area contributed by atoms with E-state index in [4.69, 9.17) is 14.3 Å². The molecule has 10 heteroatoms. The summed E-state index contributed by atoms with van der Waals surface area (Å²) in [6.45, 7) is 0.520. The number of ether oxygens (including phenoxy) is 2. The molecule has 266 valence electrons. The van der Waals surface area contributed by atoms with Gasteiger partial charge in [0, 0.05) is 24.9 Å². The fourth-order valence-corrected chi connectivity index (χ4v) is 6.18. The second kappa shape index (κ2) is 21.7. The number of carbonyl (C=O) groups is 4. The van der Waals surface area contributed by atoms with Crippen LogP contribution in [0.1, 0.15) is 107 Å². The number of carbonyl (C=O) groups excluding carboxylic acids is 4. The number of hydroxylamine groups is 1. The molecule has 1 saturated carbocycles. The van der Waals surface area contributed by atoms with Crippen molar-refractivity contribution in [2.24, 2.45) is 5.92 Å². The van der Waals surface area contributed by atoms with Gasteiger partial charge in [0.25, 0.3) is 0 Å². The van der Waals surface area contributed by atoms with Crippen molar-refractivity contribution in [3.8, 4) is 0 Å². The van der Waals surface area contributed by atoms with Crippen molar-refractivity contribution < 1.29 is 33.5 Å². The van der Waals surface area contributed by atoms with E-state index in [-0.39, 0.29) is 24.5 Å². The number of anilines is 1. The Labute approximate surface area is 290 Å². The number of allylic oxidation sites excluding steroid dienone is 2. The zero-order valence-electron chi connectivity index (χ0n) is 28.7. The molecular formula is C39H53N3O7. The fourth-order valence-electron chi connectivity index (χ4n) is 6.18. The molecule has 49 heavy (non-hydrogen) atoms. The van der Waals surface area contributed by atoms with E-state index in [1.807, 2.05) is 30.3 Å². The smallest absolute Gasteiger partial charge is 0.408 e. The number of unbranched alkanes of at least 4 members (excludes halogenated alkanes) is 3. The highest BCUT2D eigenvalue weighted by Gasteiger charge is 2.27. The number of amides is 3. The second-order valence-electron chi connectivity index (χ2n) is 13.2. The van der Waals surface area contributed by atoms with Crippen LogP contribution in [-0.4, -0.2) is 42.6 Å². The minimum atomic E-state index is -0.865. The lowest BCUT2D eigenvalue weighted by atomic mass is 9.96. The summed E-state index contributed by atoms with van der Waals surface area (Å²) >= 11 is 0. The number of rotatable bonds is 18. The van der Waals surface area contributed by atoms with Crippen molar-refractivity contribution >= 4 is 29.6 Å². The van der Waals surface area contributed by atoms with Crippen LogP contribution < -0.4 is 16.1 Å². The monoisotopic (exact) mass is 675 g/mol. The van der Waals surface area contributed by atoms with Gasteiger partial charge in [-0.05, 0) is 93.4 Å². The third-order valence-electron chi connectivity index (χ3n) is 8.96. The summed E-state index contributed by atoms with van der Waals surface area (Å²) in [5.74, 6) is -0.209. The highest BCUT2D eigenvalue weighted by molar-refractivity contribution is 5.90. The van der Waals surface area contributed by atoms with Crippen molar-refractivity contribution in [1.29, 1.82) is 0 Å². The lowest BCUT2D eigenvalue weighted by Gasteiger charge is -2.20. The van der Waals surface area contributed by atoms with Crippen molar-refractivity contribution in [1.82, 2.24) is 10.8 Å². The Morgan fingerprint density at radius 2 is 1.51 bits per heavy atom. The molecular weight excluding hydrogens is 622 g/mol. The zero-order valence-corrected chi connectivity index (χ0v) is 28.7. The van der Waals surface area contributed by atoms with Gasteiger partial charge < -0.3 is 20.1 Å². The molecule has 3 amide bonds. The molecule has 0 aromatic heterocycles. The first kappa shape index (κ1) is 37.6. The molecule has 0 saturated heterocycles. The number of hydrogen-bond acceptors (Lipinski definition) is 7. The van der Waals surface area contributed by atoms with E-state index < -0.39 is 18.1 Å². The normalized spacial score (nSPS) is 17.6. The maximum absolute atomic E-state index is 13.0. The lowest BCUT2D eigenvalue weighted by molar-refractivity contribution is -0.151. The van der Waals surface area contributed by atoms with Gasteiger partial charge in [0.1, 0.15) is 18.8 Å². The van der Waals surface area contributed by atoms with Gasteiger partial charge in [-0.15, -0.1) is 0 Å². The van der Waals surface area contributed by atoms with E-state index in [2.05, 4.69) is 28.3 Å². The molecule has 2 aliphatic carbocycles. The highest BCUT2D eigenvalue weighted by Crippen LogP contribution is 2.22. The van der Waals surface area contributed by atoms with Crippen LogP contribution in [0.4, 0.5) is 10.5 Å². The average molecular weight is 676 g/mol. The van der Waals surface area contributed by atoms with Gasteiger partial charge in [-0.3, -0.25) is 14.4 Å². The highest BCUT2D eigenvalue weighted by atomic mass is 16.7. The lowest BCUT2D eigenvalue weighted by Crippen LogP contribution is -2.44. The summed E-state index contributed by atoms with van der Waals surface area (Å²) in [7, 11) is 0. The molecule has 2 aromatic carbocycles. The topological polar surface area (TPSA) is 132 Å². The SMILES string of the molecule is O=C(CCCCCCC(=O)Nc1cccc(COC(=O)NC(Cc2ccccc2)C(=O)OC2CCCC2)c1)NOCC1C/C=C\CCCC1. The van der Waals surface area contributed by atoms with Crippen LogP contribution in [0.15, 0.2) is 66.7 Å². The molecule has 2 atom stereocenters. The van der Waals surface area contributed by atoms with E-state index in [1.165, 1.54) is 12.8 Å². The first-order valence-corrected chi connectivity index (χ1v) is 18.1. The van der Waals surface area contributed by atoms with E-state index in [0.717, 1.165) is 76.2 Å². The third kappa shape index (κ3) is 15.3. The first-order valence-electron chi connectivity index (χ1n) is 18.1. The largest absolute Gasteiger partial charge is 0.461 e. The van der Waals surface area contributed by atoms with Gasteiger partial charge in [-0.25, -0.2) is 15.1 Å². The number of benzene rings is 2. The summed E-state index contributed by atoms with van der Waals surface area (Å²) in [5, 5.41) is 5.59. The van der Waals surface area contributed by atoms with Crippen LogP contribution in [0, 0.1) is 5.92 Å². The molecule has 0 spiro atoms. The van der Waals surface area contributed by atoms with Crippen LogP contribution in [0.3, 0.4) is 0 Å². The van der Waals surface area contributed by atoms with E-state index in [1.54, 1.807) is 24.3 Å². The number of hydrogen-bond donors (Lipinski definition) is 3. The molecule has 1 fully saturated rings. The minimum absolute atomic E-state index is 0.0260. The molecule has 0 radical (unpaired) electrons. The molecule has 4 rings (SSSR count). The van der Waals surface area contributed by atoms with Crippen LogP contribution in [0.5, 0.6) is 0 Å². The third-order valence-corrected chi connectivity index (χ3v) is 8.96. The van der Waals surface area contributed by atoms with E-state index >= 15 is 0 Å². The minimum Gasteiger partial charge on any atom is -0.461 e. The predicted octanol–water partition coefficient (Wildman–Crippen LogP) is 7.47. The number of nitrogens with one attached hydrogen (secondary N) is 3. The summed E-state index contributed by atoms with van der Waals surface area (Å²) in [6.07, 6.45) is 17.3. The molecule has 2 aromatic rings. The number of alkyl carbamates (subject to hydrolysis) is 1. The van der Waals surface area contributed by atoms with Crippen molar-refractivity contribution in [3.63, 3.8) is 0 Å². The Kier molecular flexibility index (Phi) is 16.7. The molecule has 2 aliphatic rings. The van der Waals surface area contributed by atoms with Crippen molar-refractivity contribution in [3.05, 3.63) is 77.9 Å². The molecule has 2 unspecified atom stereocenters. The molecule has 0 bridgehead atoms. The van der Waals surface area contributed by atoms with Crippen molar-refractivity contribution in [2.75, 3.05) is 11.9 Å². The fraction of sp³-hybridized carbons (Fsp3) is 0.538. The van der Waals surface area contributed by atoms with Crippen molar-refractivity contribution in [2.45, 2.75) is 121 Å². The summed E-state index contributed by atoms with van der Waals surface area (Å²) in [5.41, 5.74) is 4.79. The van der Waals surface area contributed by atoms with Gasteiger partial charge in [-0.1, -0.05) is 73.9 Å². The summed E-state index contributed by atoms with van der Waals surface area (Å²) in [4.78, 5) is 55.8. The quantitative estimate of drug-likeness (QED) is 0.0646. The van der Waals surface area contributed by atoms with E-state index in [9.17, 15) is 19.2 Å². The molecule has 10 nitrogen and oxygen atoms in total. The molecule has 0 aliphatic heterocycles. The Morgan fingerprint density at radius 1 is 0.776 bits per heavy atom. The van der Waals surface area contributed by atoms with Gasteiger partial charge in [0.2, 0.25) is 11.8 Å². The maximum Gasteiger partial charge on any atom is 0.408 e. The Morgan fingerprint density at radius 3 is 2.31 bits per heavy atom. The van der Waals surface area contributed by atoms with Crippen LogP contribution in [0.25, 0.3) is 0 Å². The van der Waals surface area contributed by atoms with E-state index in [0.29, 0.717) is 43.0 Å². The maximum atomic E-state index is 13.0. The standard InChI is InChI=1S/C39H53N3O7/c43-36(24-11-4-5-12-25-37(44)42-48-29-31-18-7-2-1-3-8-19-31)40-33-21-15-20-32(26-33)28-47-39(46)41-35(27-30-16-9-6-10-17-30)38(45)49-34-22-13-14-23-34/h2,6-7,9-10,15-17,20-21,26,31,34-35H,1,3-5,8,11-14,18-19,22-25,27-29H2,(H,40,43)(H,41,46)(H,42,44)/b7-2-. The van der Waals surface area contributed by atoms with Crippen LogP contribution in [0.2, 0.25) is 0 Å². The Balaban J connectivity index is 1.09. The zero-order chi connectivity index (χ0) is 34.5. The Bertz CT molecular complexity index is 1340. The van der Waals surface area contributed by atoms with Gasteiger partial charge in [0.15, 0.2) is 0 Å². The number of esters is 1. The van der Waals surface area contributed by atoms with Gasteiger partial charge in [0.05, 0.1) is 6.61 Å². The molecule has 0 heterocycles. The van der Waals surface area contributed by atoms with Crippen LogP contribution >= 0.6 is 0 Å². The first-order chi connectivity index (χ1) is 23.9. The summed E-state index contributed by atoms with van der Waals surface area (Å²) in [6, 6.07) is 15.7. The van der Waals surface area contributed by atoms with Gasteiger partial charge >= 0.3 is 12.1 Å². The van der Waals surface area contributed by atoms with Gasteiger partial charge in [-0.2, -0.15) is 0 Å². The average Bonchev–Trinajstić information content (AvgIpc) is 3.60. The predicted molar refractivity (Wildman–Crippen MR) is 188 cm³/mol. The Hall–Kier alpha value is -4.18. The second-order valence-corrected chi connectivity index (χ2v) is 13.2.